The summed E-state index contributed by atoms with van der Waals surface area (Å²) >= 11 is 0. The molecule has 1 fully saturated rings. The van der Waals surface area contributed by atoms with Crippen molar-refractivity contribution in [2.45, 2.75) is 32.4 Å². The van der Waals surface area contributed by atoms with E-state index in [4.69, 9.17) is 4.74 Å². The van der Waals surface area contributed by atoms with Gasteiger partial charge in [-0.3, -0.25) is 4.79 Å². The van der Waals surface area contributed by atoms with Gasteiger partial charge in [-0.25, -0.2) is 4.98 Å². The fourth-order valence-electron chi connectivity index (χ4n) is 2.55. The van der Waals surface area contributed by atoms with Crippen LogP contribution < -0.4 is 10.2 Å². The number of amides is 1. The van der Waals surface area contributed by atoms with Crippen molar-refractivity contribution in [1.82, 2.24) is 10.3 Å². The topological polar surface area (TPSA) is 54.5 Å². The minimum absolute atomic E-state index is 0.00553. The lowest BCUT2D eigenvalue weighted by molar-refractivity contribution is -0.133. The highest BCUT2D eigenvalue weighted by atomic mass is 16.5. The molecule has 0 radical (unpaired) electrons. The van der Waals surface area contributed by atoms with Gasteiger partial charge in [0.05, 0.1) is 12.0 Å². The first kappa shape index (κ1) is 14.8. The summed E-state index contributed by atoms with van der Waals surface area (Å²) in [6.07, 6.45) is 3.63. The van der Waals surface area contributed by atoms with Crippen LogP contribution in [-0.4, -0.2) is 37.7 Å². The van der Waals surface area contributed by atoms with E-state index in [0.29, 0.717) is 6.54 Å². The van der Waals surface area contributed by atoms with E-state index in [0.717, 1.165) is 30.8 Å². The number of ether oxygens (including phenoxy) is 1. The Morgan fingerprint density at radius 1 is 1.55 bits per heavy atom. The molecule has 1 aliphatic heterocycles. The van der Waals surface area contributed by atoms with E-state index < -0.39 is 0 Å². The number of carbonyl (C=O) groups is 1. The van der Waals surface area contributed by atoms with Crippen LogP contribution in [0.15, 0.2) is 18.3 Å². The molecule has 5 nitrogen and oxygen atoms in total. The molecule has 1 aliphatic rings. The lowest BCUT2D eigenvalue weighted by atomic mass is 9.94. The van der Waals surface area contributed by atoms with Crippen LogP contribution in [0.25, 0.3) is 0 Å². The van der Waals surface area contributed by atoms with Crippen molar-refractivity contribution in [3.8, 4) is 0 Å². The second-order valence-electron chi connectivity index (χ2n) is 5.42. The molecule has 1 N–H and O–H groups in total. The van der Waals surface area contributed by atoms with Gasteiger partial charge in [0.2, 0.25) is 5.91 Å². The lowest BCUT2D eigenvalue weighted by Crippen LogP contribution is -2.40. The Hall–Kier alpha value is -1.62. The highest BCUT2D eigenvalue weighted by Gasteiger charge is 2.28. The fourth-order valence-corrected chi connectivity index (χ4v) is 2.55. The third-order valence-corrected chi connectivity index (χ3v) is 3.69. The van der Waals surface area contributed by atoms with Crippen molar-refractivity contribution < 1.29 is 9.53 Å². The van der Waals surface area contributed by atoms with Crippen LogP contribution in [0.4, 0.5) is 5.82 Å². The quantitative estimate of drug-likeness (QED) is 0.908. The fraction of sp³-hybridized carbons (Fsp3) is 0.600. The number of pyridine rings is 1. The maximum Gasteiger partial charge on any atom is 0.225 e. The van der Waals surface area contributed by atoms with E-state index in [-0.39, 0.29) is 17.9 Å². The van der Waals surface area contributed by atoms with E-state index in [1.807, 2.05) is 38.1 Å². The molecule has 2 rings (SSSR count). The monoisotopic (exact) mass is 277 g/mol. The number of nitrogens with zero attached hydrogens (tertiary/aromatic N) is 2. The van der Waals surface area contributed by atoms with Gasteiger partial charge in [0.15, 0.2) is 0 Å². The maximum atomic E-state index is 12.2. The summed E-state index contributed by atoms with van der Waals surface area (Å²) in [6, 6.07) is 3.88. The number of hydrogen-bond acceptors (Lipinski definition) is 4. The van der Waals surface area contributed by atoms with E-state index in [9.17, 15) is 4.79 Å². The second kappa shape index (κ2) is 6.70. The van der Waals surface area contributed by atoms with Gasteiger partial charge < -0.3 is 15.0 Å². The van der Waals surface area contributed by atoms with Crippen molar-refractivity contribution in [1.29, 1.82) is 0 Å². The molecule has 2 atom stereocenters. The van der Waals surface area contributed by atoms with E-state index >= 15 is 0 Å². The number of anilines is 1. The molecule has 1 aromatic rings. The van der Waals surface area contributed by atoms with Crippen LogP contribution in [0.2, 0.25) is 0 Å². The molecule has 0 saturated carbocycles. The molecule has 1 aromatic heterocycles. The van der Waals surface area contributed by atoms with Crippen LogP contribution >= 0.6 is 0 Å². The van der Waals surface area contributed by atoms with Crippen LogP contribution in [0.3, 0.4) is 0 Å². The van der Waals surface area contributed by atoms with Gasteiger partial charge in [-0.1, -0.05) is 6.07 Å². The normalized spacial score (nSPS) is 22.4. The second-order valence-corrected chi connectivity index (χ2v) is 5.42. The highest BCUT2D eigenvalue weighted by Crippen LogP contribution is 2.21. The third kappa shape index (κ3) is 3.48. The Morgan fingerprint density at radius 3 is 3.05 bits per heavy atom. The summed E-state index contributed by atoms with van der Waals surface area (Å²) in [5, 5.41) is 3.01. The average Bonchev–Trinajstić information content (AvgIpc) is 2.45. The van der Waals surface area contributed by atoms with Crippen molar-refractivity contribution in [2.24, 2.45) is 5.92 Å². The molecule has 0 aliphatic carbocycles. The first-order valence-electron chi connectivity index (χ1n) is 7.10. The van der Waals surface area contributed by atoms with E-state index in [1.54, 1.807) is 6.20 Å². The summed E-state index contributed by atoms with van der Waals surface area (Å²) in [5.74, 6) is 0.926. The van der Waals surface area contributed by atoms with Gasteiger partial charge in [0.25, 0.3) is 0 Å². The molecule has 0 bridgehead atoms. The number of rotatable bonds is 4. The Morgan fingerprint density at radius 2 is 2.35 bits per heavy atom. The molecule has 2 heterocycles. The zero-order chi connectivity index (χ0) is 14.5. The Kier molecular flexibility index (Phi) is 4.95. The van der Waals surface area contributed by atoms with Crippen molar-refractivity contribution in [3.63, 3.8) is 0 Å². The Bertz CT molecular complexity index is 462. The number of nitrogens with one attached hydrogen (secondary N) is 1. The average molecular weight is 277 g/mol. The summed E-state index contributed by atoms with van der Waals surface area (Å²) in [4.78, 5) is 18.5. The van der Waals surface area contributed by atoms with Gasteiger partial charge in [-0.05, 0) is 25.8 Å². The molecular formula is C15H23N3O2. The highest BCUT2D eigenvalue weighted by molar-refractivity contribution is 5.79. The maximum absolute atomic E-state index is 12.2. The molecule has 0 spiro atoms. The van der Waals surface area contributed by atoms with Crippen LogP contribution in [0.5, 0.6) is 0 Å². The molecular weight excluding hydrogens is 254 g/mol. The zero-order valence-corrected chi connectivity index (χ0v) is 12.4. The molecule has 1 amide bonds. The smallest absolute Gasteiger partial charge is 0.225 e. The van der Waals surface area contributed by atoms with Gasteiger partial charge in [-0.2, -0.15) is 0 Å². The molecule has 0 aromatic carbocycles. The van der Waals surface area contributed by atoms with Gasteiger partial charge in [0.1, 0.15) is 5.82 Å². The van der Waals surface area contributed by atoms with E-state index in [1.165, 1.54) is 0 Å². The first-order chi connectivity index (χ1) is 9.59. The largest absolute Gasteiger partial charge is 0.378 e. The lowest BCUT2D eigenvalue weighted by Gasteiger charge is -2.28. The predicted octanol–water partition coefficient (Wildman–Crippen LogP) is 1.58. The van der Waals surface area contributed by atoms with Crippen LogP contribution in [0, 0.1) is 5.92 Å². The molecule has 20 heavy (non-hydrogen) atoms. The SMILES string of the molecule is C[C@@H]1OCCC[C@H]1C(=O)NCc1cccnc1N(C)C. The predicted molar refractivity (Wildman–Crippen MR) is 78.5 cm³/mol. The van der Waals surface area contributed by atoms with Crippen LogP contribution in [-0.2, 0) is 16.1 Å². The number of carbonyl (C=O) groups excluding carboxylic acids is 1. The van der Waals surface area contributed by atoms with Crippen molar-refractivity contribution in [2.75, 3.05) is 25.6 Å². The van der Waals surface area contributed by atoms with Gasteiger partial charge in [-0.15, -0.1) is 0 Å². The minimum atomic E-state index is -0.0387. The Balaban J connectivity index is 1.96. The number of aromatic nitrogens is 1. The summed E-state index contributed by atoms with van der Waals surface area (Å²) in [5.41, 5.74) is 1.02. The summed E-state index contributed by atoms with van der Waals surface area (Å²) < 4.78 is 5.54. The van der Waals surface area contributed by atoms with Crippen molar-refractivity contribution >= 4 is 11.7 Å². The first-order valence-corrected chi connectivity index (χ1v) is 7.10. The van der Waals surface area contributed by atoms with Gasteiger partial charge >= 0.3 is 0 Å². The number of hydrogen-bond donors (Lipinski definition) is 1. The zero-order valence-electron chi connectivity index (χ0n) is 12.4. The minimum Gasteiger partial charge on any atom is -0.378 e. The molecule has 0 unspecified atom stereocenters. The third-order valence-electron chi connectivity index (χ3n) is 3.69. The van der Waals surface area contributed by atoms with E-state index in [2.05, 4.69) is 10.3 Å². The van der Waals surface area contributed by atoms with Gasteiger partial charge in [0, 0.05) is 39.0 Å². The summed E-state index contributed by atoms with van der Waals surface area (Å²) in [6.45, 7) is 3.24. The van der Waals surface area contributed by atoms with Crippen LogP contribution in [0.1, 0.15) is 25.3 Å². The van der Waals surface area contributed by atoms with Crippen molar-refractivity contribution in [3.05, 3.63) is 23.9 Å². The standard InChI is InChI=1S/C15H23N3O2/c1-11-13(7-5-9-20-11)15(19)17-10-12-6-4-8-16-14(12)18(2)3/h4,6,8,11,13H,5,7,9-10H2,1-3H3,(H,17,19)/t11-,13+/m0/s1. The molecule has 1 saturated heterocycles. The Labute approximate surface area is 120 Å². The molecule has 110 valence electrons. The summed E-state index contributed by atoms with van der Waals surface area (Å²) in [7, 11) is 3.90. The molecule has 5 heteroatoms.